The molecule has 0 saturated carbocycles. The van der Waals surface area contributed by atoms with E-state index in [2.05, 4.69) is 5.32 Å². The average molecular weight is 409 g/mol. The van der Waals surface area contributed by atoms with Crippen LogP contribution in [0.1, 0.15) is 28.8 Å². The van der Waals surface area contributed by atoms with Gasteiger partial charge in [-0.15, -0.1) is 0 Å². The molecule has 2 aromatic carbocycles. The third kappa shape index (κ3) is 4.99. The molecule has 0 aromatic heterocycles. The number of hydrogen-bond donors (Lipinski definition) is 1. The second kappa shape index (κ2) is 8.72. The summed E-state index contributed by atoms with van der Waals surface area (Å²) in [7, 11) is 0. The second-order valence-electron chi connectivity index (χ2n) is 6.53. The minimum Gasteiger partial charge on any atom is -0.352 e. The number of benzene rings is 2. The van der Waals surface area contributed by atoms with Crippen LogP contribution in [0.3, 0.4) is 0 Å². The molecule has 1 aliphatic heterocycles. The summed E-state index contributed by atoms with van der Waals surface area (Å²) in [5.41, 5.74) is 1.26. The Morgan fingerprint density at radius 1 is 1.07 bits per heavy atom. The summed E-state index contributed by atoms with van der Waals surface area (Å²) in [6, 6.07) is 10.7. The van der Waals surface area contributed by atoms with Gasteiger partial charge in [0.15, 0.2) is 0 Å². The fourth-order valence-electron chi connectivity index (χ4n) is 3.11. The Kier molecular flexibility index (Phi) is 6.34. The SMILES string of the molecule is O=C(NCc1ccc(Cl)cc1Cl)C1CCN(C(=O)c2ccc(F)cc2)CC1. The molecule has 0 atom stereocenters. The van der Waals surface area contributed by atoms with Gasteiger partial charge >= 0.3 is 0 Å². The number of amides is 2. The molecule has 142 valence electrons. The number of nitrogens with zero attached hydrogens (tertiary/aromatic N) is 1. The summed E-state index contributed by atoms with van der Waals surface area (Å²) in [5, 5.41) is 3.96. The maximum atomic E-state index is 13.0. The zero-order chi connectivity index (χ0) is 19.4. The van der Waals surface area contributed by atoms with Gasteiger partial charge in [-0.25, -0.2) is 4.39 Å². The highest BCUT2D eigenvalue weighted by Gasteiger charge is 2.27. The fraction of sp³-hybridized carbons (Fsp3) is 0.300. The van der Waals surface area contributed by atoms with Crippen LogP contribution < -0.4 is 5.32 Å². The fourth-order valence-corrected chi connectivity index (χ4v) is 3.59. The van der Waals surface area contributed by atoms with E-state index in [0.717, 1.165) is 5.56 Å². The number of halogens is 3. The first kappa shape index (κ1) is 19.6. The number of carbonyl (C=O) groups is 2. The Morgan fingerprint density at radius 2 is 1.74 bits per heavy atom. The lowest BCUT2D eigenvalue weighted by Gasteiger charge is -2.31. The van der Waals surface area contributed by atoms with Gasteiger partial charge in [0, 0.05) is 41.2 Å². The molecule has 1 fully saturated rings. The van der Waals surface area contributed by atoms with E-state index in [9.17, 15) is 14.0 Å². The molecule has 0 aliphatic carbocycles. The van der Waals surface area contributed by atoms with E-state index < -0.39 is 0 Å². The van der Waals surface area contributed by atoms with E-state index in [4.69, 9.17) is 23.2 Å². The molecule has 1 N–H and O–H groups in total. The molecule has 0 radical (unpaired) electrons. The van der Waals surface area contributed by atoms with Crippen molar-refractivity contribution in [2.45, 2.75) is 19.4 Å². The number of rotatable bonds is 4. The van der Waals surface area contributed by atoms with Crippen LogP contribution in [0.15, 0.2) is 42.5 Å². The molecule has 0 spiro atoms. The van der Waals surface area contributed by atoms with Crippen molar-refractivity contribution >= 4 is 35.0 Å². The van der Waals surface area contributed by atoms with Gasteiger partial charge in [0.05, 0.1) is 0 Å². The molecule has 1 heterocycles. The van der Waals surface area contributed by atoms with E-state index in [1.807, 2.05) is 0 Å². The third-order valence-corrected chi connectivity index (χ3v) is 5.30. The number of nitrogens with one attached hydrogen (secondary N) is 1. The summed E-state index contributed by atoms with van der Waals surface area (Å²) in [5.74, 6) is -0.701. The third-order valence-electron chi connectivity index (χ3n) is 4.71. The Hall–Kier alpha value is -2.11. The molecule has 1 saturated heterocycles. The Labute approximate surface area is 167 Å². The maximum Gasteiger partial charge on any atom is 0.253 e. The van der Waals surface area contributed by atoms with Crippen molar-refractivity contribution in [2.75, 3.05) is 13.1 Å². The van der Waals surface area contributed by atoms with E-state index in [0.29, 0.717) is 48.1 Å². The van der Waals surface area contributed by atoms with Gasteiger partial charge in [0.1, 0.15) is 5.82 Å². The Bertz CT molecular complexity index is 834. The maximum absolute atomic E-state index is 13.0. The van der Waals surface area contributed by atoms with Gasteiger partial charge in [0.2, 0.25) is 5.91 Å². The first-order valence-electron chi connectivity index (χ1n) is 8.70. The minimum atomic E-state index is -0.372. The summed E-state index contributed by atoms with van der Waals surface area (Å²) in [4.78, 5) is 26.6. The van der Waals surface area contributed by atoms with Gasteiger partial charge < -0.3 is 10.2 Å². The summed E-state index contributed by atoms with van der Waals surface area (Å²) in [6.45, 7) is 1.33. The number of piperidine rings is 1. The molecular weight excluding hydrogens is 390 g/mol. The normalized spacial score (nSPS) is 14.9. The highest BCUT2D eigenvalue weighted by Crippen LogP contribution is 2.22. The van der Waals surface area contributed by atoms with Crippen LogP contribution in [-0.2, 0) is 11.3 Å². The Balaban J connectivity index is 1.50. The van der Waals surface area contributed by atoms with E-state index in [1.165, 1.54) is 24.3 Å². The second-order valence-corrected chi connectivity index (χ2v) is 7.37. The van der Waals surface area contributed by atoms with E-state index in [1.54, 1.807) is 23.1 Å². The predicted octanol–water partition coefficient (Wildman–Crippen LogP) is 4.30. The van der Waals surface area contributed by atoms with Crippen molar-refractivity contribution < 1.29 is 14.0 Å². The van der Waals surface area contributed by atoms with Gasteiger partial charge in [-0.1, -0.05) is 29.3 Å². The molecule has 27 heavy (non-hydrogen) atoms. The van der Waals surface area contributed by atoms with Crippen LogP contribution in [0.2, 0.25) is 10.0 Å². The van der Waals surface area contributed by atoms with Crippen LogP contribution in [0, 0.1) is 11.7 Å². The summed E-state index contributed by atoms with van der Waals surface area (Å²) >= 11 is 12.0. The molecule has 3 rings (SSSR count). The van der Waals surface area contributed by atoms with Crippen LogP contribution in [0.25, 0.3) is 0 Å². The smallest absolute Gasteiger partial charge is 0.253 e. The van der Waals surface area contributed by atoms with Crippen molar-refractivity contribution in [3.8, 4) is 0 Å². The number of hydrogen-bond acceptors (Lipinski definition) is 2. The standard InChI is InChI=1S/C20H19Cl2FN2O2/c21-16-4-1-15(18(22)11-16)12-24-19(26)13-7-9-25(10-8-13)20(27)14-2-5-17(23)6-3-14/h1-6,11,13H,7-10,12H2,(H,24,26). The first-order chi connectivity index (χ1) is 12.9. The van der Waals surface area contributed by atoms with Crippen LogP contribution in [-0.4, -0.2) is 29.8 Å². The van der Waals surface area contributed by atoms with Crippen LogP contribution >= 0.6 is 23.2 Å². The molecule has 4 nitrogen and oxygen atoms in total. The summed E-state index contributed by atoms with van der Waals surface area (Å²) < 4.78 is 13.0. The van der Waals surface area contributed by atoms with Crippen LogP contribution in [0.5, 0.6) is 0 Å². The van der Waals surface area contributed by atoms with Crippen molar-refractivity contribution in [1.82, 2.24) is 10.2 Å². The van der Waals surface area contributed by atoms with E-state index in [-0.39, 0.29) is 23.5 Å². The quantitative estimate of drug-likeness (QED) is 0.819. The number of likely N-dealkylation sites (tertiary alicyclic amines) is 1. The molecule has 7 heteroatoms. The van der Waals surface area contributed by atoms with Crippen LogP contribution in [0.4, 0.5) is 4.39 Å². The molecule has 1 aliphatic rings. The zero-order valence-electron chi connectivity index (χ0n) is 14.6. The van der Waals surface area contributed by atoms with Gasteiger partial charge in [-0.3, -0.25) is 9.59 Å². The largest absolute Gasteiger partial charge is 0.352 e. The van der Waals surface area contributed by atoms with Crippen molar-refractivity contribution in [1.29, 1.82) is 0 Å². The lowest BCUT2D eigenvalue weighted by Crippen LogP contribution is -2.42. The van der Waals surface area contributed by atoms with Gasteiger partial charge in [-0.2, -0.15) is 0 Å². The lowest BCUT2D eigenvalue weighted by atomic mass is 9.95. The molecule has 0 unspecified atom stereocenters. The minimum absolute atomic E-state index is 0.0464. The predicted molar refractivity (Wildman–Crippen MR) is 103 cm³/mol. The lowest BCUT2D eigenvalue weighted by molar-refractivity contribution is -0.126. The van der Waals surface area contributed by atoms with Crippen molar-refractivity contribution in [3.05, 3.63) is 69.5 Å². The molecule has 0 bridgehead atoms. The molecule has 2 aromatic rings. The molecular formula is C20H19Cl2FN2O2. The Morgan fingerprint density at radius 3 is 2.37 bits per heavy atom. The average Bonchev–Trinajstić information content (AvgIpc) is 2.67. The zero-order valence-corrected chi connectivity index (χ0v) is 16.1. The monoisotopic (exact) mass is 408 g/mol. The highest BCUT2D eigenvalue weighted by molar-refractivity contribution is 6.35. The van der Waals surface area contributed by atoms with Crippen molar-refractivity contribution in [2.24, 2.45) is 5.92 Å². The molecule has 2 amide bonds. The summed E-state index contributed by atoms with van der Waals surface area (Å²) in [6.07, 6.45) is 1.18. The number of carbonyl (C=O) groups excluding carboxylic acids is 2. The van der Waals surface area contributed by atoms with E-state index >= 15 is 0 Å². The van der Waals surface area contributed by atoms with Gasteiger partial charge in [-0.05, 0) is 54.8 Å². The topological polar surface area (TPSA) is 49.4 Å². The van der Waals surface area contributed by atoms with Gasteiger partial charge in [0.25, 0.3) is 5.91 Å². The van der Waals surface area contributed by atoms with Crippen molar-refractivity contribution in [3.63, 3.8) is 0 Å². The highest BCUT2D eigenvalue weighted by atomic mass is 35.5. The first-order valence-corrected chi connectivity index (χ1v) is 9.46.